The van der Waals surface area contributed by atoms with Crippen LogP contribution >= 0.6 is 24.8 Å². The third-order valence-electron chi connectivity index (χ3n) is 15.6. The van der Waals surface area contributed by atoms with E-state index in [9.17, 15) is 0 Å². The van der Waals surface area contributed by atoms with Gasteiger partial charge in [-0.25, -0.2) is 0 Å². The fourth-order valence-corrected chi connectivity index (χ4v) is 39.0. The average Bonchev–Trinajstić information content (AvgIpc) is 3.83. The number of benzene rings is 6. The molecule has 60 heavy (non-hydrogen) atoms. The Morgan fingerprint density at radius 2 is 0.917 bits per heavy atom. The Labute approximate surface area is 375 Å². The van der Waals surface area contributed by atoms with Crippen LogP contribution in [-0.2, 0) is 17.4 Å². The molecule has 4 aliphatic carbocycles. The second-order valence-corrected chi connectivity index (χ2v) is 48.1. The van der Waals surface area contributed by atoms with Gasteiger partial charge < -0.3 is 0 Å². The summed E-state index contributed by atoms with van der Waals surface area (Å²) in [5.41, 5.74) is 15.7. The Kier molecular flexibility index (Phi) is 13.1. The van der Waals surface area contributed by atoms with E-state index < -0.39 is 17.4 Å². The van der Waals surface area contributed by atoms with E-state index in [-0.39, 0.29) is 24.8 Å². The molecule has 0 N–H and O–H groups in total. The Hall–Kier alpha value is -3.00. The van der Waals surface area contributed by atoms with Gasteiger partial charge in [-0.05, 0) is 0 Å². The minimum absolute atomic E-state index is 0. The zero-order valence-corrected chi connectivity index (χ0v) is 41.4. The molecule has 0 spiro atoms. The van der Waals surface area contributed by atoms with Crippen LogP contribution in [0.1, 0.15) is 120 Å². The van der Waals surface area contributed by atoms with Crippen LogP contribution in [-0.4, -0.2) is 6.88 Å². The van der Waals surface area contributed by atoms with Crippen LogP contribution in [0.25, 0.3) is 56.0 Å². The Balaban J connectivity index is 0.00000249. The molecule has 4 heteroatoms. The quantitative estimate of drug-likeness (QED) is 0.120. The smallest absolute Gasteiger partial charge is 0.147 e. The molecule has 6 aromatic rings. The molecule has 4 aliphatic rings. The number of hydrogen-bond acceptors (Lipinski definition) is 0. The Morgan fingerprint density at radius 3 is 1.33 bits per heavy atom. The van der Waals surface area contributed by atoms with Gasteiger partial charge in [0, 0.05) is 0 Å². The number of rotatable bonds is 10. The fraction of sp³-hybridized carbons (Fsp3) is 0.357. The first kappa shape index (κ1) is 43.6. The molecule has 0 aromatic heterocycles. The molecule has 2 unspecified atom stereocenters. The molecule has 2 fully saturated rings. The summed E-state index contributed by atoms with van der Waals surface area (Å²) in [4.78, 5) is 0. The van der Waals surface area contributed by atoms with Crippen LogP contribution in [0, 0.1) is 11.8 Å². The summed E-state index contributed by atoms with van der Waals surface area (Å²) in [5, 5.41) is 5.32. The van der Waals surface area contributed by atoms with E-state index in [4.69, 9.17) is 0 Å². The van der Waals surface area contributed by atoms with Gasteiger partial charge in [-0.15, -0.1) is 24.8 Å². The molecule has 0 bridgehead atoms. The van der Waals surface area contributed by atoms with Gasteiger partial charge in [0.25, 0.3) is 0 Å². The minimum atomic E-state index is -3.99. The molecule has 10 rings (SSSR count). The average molecular weight is 927 g/mol. The van der Waals surface area contributed by atoms with Gasteiger partial charge in [-0.2, -0.15) is 0 Å². The van der Waals surface area contributed by atoms with Gasteiger partial charge >= 0.3 is 353 Å². The van der Waals surface area contributed by atoms with E-state index in [0.29, 0.717) is 7.25 Å². The molecule has 0 saturated heterocycles. The predicted molar refractivity (Wildman–Crippen MR) is 267 cm³/mol. The van der Waals surface area contributed by atoms with Gasteiger partial charge in [0.1, 0.15) is 0 Å². The fourth-order valence-electron chi connectivity index (χ4n) is 13.2. The molecule has 0 aliphatic heterocycles. The van der Waals surface area contributed by atoms with Crippen molar-refractivity contribution in [3.8, 4) is 22.3 Å². The van der Waals surface area contributed by atoms with Crippen molar-refractivity contribution in [2.45, 2.75) is 106 Å². The molecule has 2 atom stereocenters. The summed E-state index contributed by atoms with van der Waals surface area (Å²) in [7, 11) is 0. The first-order valence-electron chi connectivity index (χ1n) is 23.1. The van der Waals surface area contributed by atoms with Crippen LogP contribution in [0.15, 0.2) is 132 Å². The predicted octanol–water partition coefficient (Wildman–Crippen LogP) is 16.8. The third-order valence-corrected chi connectivity index (χ3v) is 39.1. The van der Waals surface area contributed by atoms with E-state index in [2.05, 4.69) is 152 Å². The molecular formula is C56H64Cl2SiZr. The molecule has 2 saturated carbocycles. The molecule has 0 nitrogen and oxygen atoms in total. The van der Waals surface area contributed by atoms with Crippen LogP contribution in [0.5, 0.6) is 0 Å². The third kappa shape index (κ3) is 7.95. The summed E-state index contributed by atoms with van der Waals surface area (Å²) >= 11 is -3.99. The monoisotopic (exact) mass is 924 g/mol. The minimum Gasteiger partial charge on any atom is -0.147 e. The number of hydrogen-bond donors (Lipinski definition) is 0. The normalized spacial score (nSPS) is 19.6. The summed E-state index contributed by atoms with van der Waals surface area (Å²) in [6, 6.07) is 47.1. The molecular weight excluding hydrogens is 863 g/mol. The summed E-state index contributed by atoms with van der Waals surface area (Å²) < 4.78 is 5.51. The van der Waals surface area contributed by atoms with Crippen LogP contribution in [0.3, 0.4) is 0 Å². The maximum Gasteiger partial charge on any atom is -0.147 e. The molecule has 0 radical (unpaired) electrons. The van der Waals surface area contributed by atoms with E-state index in [0.717, 1.165) is 11.8 Å². The molecule has 310 valence electrons. The maximum absolute atomic E-state index is 3.99. The Morgan fingerprint density at radius 1 is 0.500 bits per heavy atom. The van der Waals surface area contributed by atoms with Crippen molar-refractivity contribution in [3.63, 3.8) is 0 Å². The van der Waals surface area contributed by atoms with Crippen LogP contribution < -0.4 is 0 Å². The Bertz CT molecular complexity index is 2480. The number of fused-ring (bicyclic) bond motifs is 4. The van der Waals surface area contributed by atoms with Crippen molar-refractivity contribution in [1.82, 2.24) is 0 Å². The second-order valence-electron chi connectivity index (χ2n) is 19.7. The number of halogens is 2. The SMILES string of the molecule is CC[CH2][Zr]([CH3])(=[SiH2])([CH]1C(CC2CCCCC2)=Cc2c(-c3ccc4ccccc4c3)cccc21)[CH]1C(CC2CCCCC2)=Cc2c(-c3ccc4ccccc4c3)cccc21.Cl.Cl. The van der Waals surface area contributed by atoms with Gasteiger partial charge in [-0.3, -0.25) is 0 Å². The zero-order valence-electron chi connectivity index (χ0n) is 35.9. The van der Waals surface area contributed by atoms with Crippen molar-refractivity contribution in [2.75, 3.05) is 0 Å². The zero-order chi connectivity index (χ0) is 39.3. The van der Waals surface area contributed by atoms with Gasteiger partial charge in [0.05, 0.1) is 0 Å². The van der Waals surface area contributed by atoms with Crippen LogP contribution in [0.2, 0.25) is 8.76 Å². The van der Waals surface area contributed by atoms with Crippen molar-refractivity contribution in [1.29, 1.82) is 0 Å². The molecule has 0 amide bonds. The van der Waals surface area contributed by atoms with Crippen molar-refractivity contribution in [2.24, 2.45) is 11.8 Å². The molecule has 0 heterocycles. The first-order chi connectivity index (χ1) is 28.4. The molecule has 6 aromatic carbocycles. The topological polar surface area (TPSA) is 0 Å². The maximum atomic E-state index is 2.98. The van der Waals surface area contributed by atoms with Crippen molar-refractivity contribution >= 4 is 65.4 Å². The summed E-state index contributed by atoms with van der Waals surface area (Å²) in [6.45, 7) is 5.16. The summed E-state index contributed by atoms with van der Waals surface area (Å²) in [5.74, 6) is 1.63. The second kappa shape index (κ2) is 18.0. The van der Waals surface area contributed by atoms with E-state index in [1.807, 2.05) is 11.1 Å². The summed E-state index contributed by atoms with van der Waals surface area (Å²) in [6.07, 6.45) is 23.5. The van der Waals surface area contributed by atoms with E-state index in [1.54, 1.807) is 22.3 Å². The van der Waals surface area contributed by atoms with Gasteiger partial charge in [-0.1, -0.05) is 0 Å². The van der Waals surface area contributed by atoms with E-state index in [1.165, 1.54) is 131 Å². The largest absolute Gasteiger partial charge is 0.147 e. The van der Waals surface area contributed by atoms with Crippen molar-refractivity contribution < 1.29 is 17.4 Å². The first-order valence-corrected chi connectivity index (χ1v) is 36.0. The van der Waals surface area contributed by atoms with E-state index >= 15 is 0 Å². The van der Waals surface area contributed by atoms with Crippen molar-refractivity contribution in [3.05, 3.63) is 155 Å². The number of allylic oxidation sites excluding steroid dienone is 2. The van der Waals surface area contributed by atoms with Crippen LogP contribution in [0.4, 0.5) is 0 Å². The van der Waals surface area contributed by atoms with Gasteiger partial charge in [0.2, 0.25) is 0 Å². The standard InChI is InChI=1S/2C26H25.C3H7.CH3.2ClH.H2Si.Zr/c2*1-2-7-19(8-3-1)15-20-16-23-11-6-12-25(26(23)17-20)24-14-13-21-9-4-5-10-22(21)18-24;1-3-2;;;;;/h2*4-6,9-14,16-19H,1-3,7-8,15H2;1,3H2,2H3;1H3;2*1H;1H2;. The van der Waals surface area contributed by atoms with Gasteiger partial charge in [0.15, 0.2) is 0 Å².